The Kier molecular flexibility index (Phi) is 5.79. The number of anilines is 1. The molecule has 5 nitrogen and oxygen atoms in total. The Hall–Kier alpha value is -2.34. The van der Waals surface area contributed by atoms with Gasteiger partial charge in [0.05, 0.1) is 18.0 Å². The van der Waals surface area contributed by atoms with Crippen LogP contribution in [0.15, 0.2) is 48.5 Å². The number of carbonyl (C=O) groups is 1. The van der Waals surface area contributed by atoms with Gasteiger partial charge in [-0.2, -0.15) is 0 Å². The quantitative estimate of drug-likeness (QED) is 0.799. The second kappa shape index (κ2) is 7.95. The summed E-state index contributed by atoms with van der Waals surface area (Å²) in [7, 11) is -3.33. The number of amides is 1. The van der Waals surface area contributed by atoms with Crippen molar-refractivity contribution in [2.45, 2.75) is 45.7 Å². The van der Waals surface area contributed by atoms with Crippen LogP contribution in [0.5, 0.6) is 0 Å². The lowest BCUT2D eigenvalue weighted by Gasteiger charge is -2.22. The first-order valence-electron chi connectivity index (χ1n) is 9.65. The van der Waals surface area contributed by atoms with Gasteiger partial charge in [0.25, 0.3) is 5.91 Å². The number of benzene rings is 2. The van der Waals surface area contributed by atoms with Crippen LogP contribution in [0, 0.1) is 5.92 Å². The first-order chi connectivity index (χ1) is 13.2. The molecule has 2 aromatic carbocycles. The standard InChI is InChI=1S/C22H28N2O3S/c1-15(2)12-20(17-8-6-5-7-9-17)23-22(25)18-10-11-21-19(14-18)13-16(3)24(21)28(4,26)27/h5-11,14-16,20H,12-13H2,1-4H3,(H,23,25)/t16-,20-/m0/s1. The molecule has 1 heterocycles. The number of rotatable bonds is 6. The predicted molar refractivity (Wildman–Crippen MR) is 113 cm³/mol. The van der Waals surface area contributed by atoms with E-state index in [1.165, 1.54) is 10.6 Å². The Morgan fingerprint density at radius 2 is 1.86 bits per heavy atom. The lowest BCUT2D eigenvalue weighted by atomic mass is 9.96. The molecule has 1 N–H and O–H groups in total. The van der Waals surface area contributed by atoms with Crippen molar-refractivity contribution in [3.8, 4) is 0 Å². The smallest absolute Gasteiger partial charge is 0.251 e. The maximum atomic E-state index is 12.9. The Balaban J connectivity index is 1.84. The van der Waals surface area contributed by atoms with Crippen LogP contribution in [0.3, 0.4) is 0 Å². The van der Waals surface area contributed by atoms with Crippen molar-refractivity contribution in [1.29, 1.82) is 0 Å². The zero-order chi connectivity index (χ0) is 20.5. The van der Waals surface area contributed by atoms with E-state index in [2.05, 4.69) is 19.2 Å². The van der Waals surface area contributed by atoms with Gasteiger partial charge in [-0.25, -0.2) is 8.42 Å². The van der Waals surface area contributed by atoms with Crippen LogP contribution < -0.4 is 9.62 Å². The summed E-state index contributed by atoms with van der Waals surface area (Å²) in [6.07, 6.45) is 2.67. The van der Waals surface area contributed by atoms with E-state index in [1.807, 2.05) is 43.3 Å². The van der Waals surface area contributed by atoms with Gasteiger partial charge >= 0.3 is 0 Å². The van der Waals surface area contributed by atoms with Crippen molar-refractivity contribution < 1.29 is 13.2 Å². The zero-order valence-electron chi connectivity index (χ0n) is 16.8. The molecule has 0 bridgehead atoms. The van der Waals surface area contributed by atoms with Crippen molar-refractivity contribution in [2.24, 2.45) is 5.92 Å². The van der Waals surface area contributed by atoms with Gasteiger partial charge in [0.2, 0.25) is 10.0 Å². The van der Waals surface area contributed by atoms with E-state index >= 15 is 0 Å². The van der Waals surface area contributed by atoms with Gasteiger partial charge in [0.15, 0.2) is 0 Å². The molecule has 1 amide bonds. The highest BCUT2D eigenvalue weighted by Gasteiger charge is 2.33. The van der Waals surface area contributed by atoms with E-state index in [9.17, 15) is 13.2 Å². The maximum Gasteiger partial charge on any atom is 0.251 e. The molecule has 0 fully saturated rings. The van der Waals surface area contributed by atoms with Crippen molar-refractivity contribution >= 4 is 21.6 Å². The first-order valence-corrected chi connectivity index (χ1v) is 11.5. The van der Waals surface area contributed by atoms with Crippen LogP contribution in [0.2, 0.25) is 0 Å². The number of sulfonamides is 1. The van der Waals surface area contributed by atoms with Gasteiger partial charge in [-0.05, 0) is 55.0 Å². The maximum absolute atomic E-state index is 12.9. The number of hydrogen-bond acceptors (Lipinski definition) is 3. The van der Waals surface area contributed by atoms with Crippen molar-refractivity contribution in [3.05, 3.63) is 65.2 Å². The molecular formula is C22H28N2O3S. The Morgan fingerprint density at radius 1 is 1.18 bits per heavy atom. The second-order valence-corrected chi connectivity index (χ2v) is 9.88. The minimum Gasteiger partial charge on any atom is -0.345 e. The molecule has 0 spiro atoms. The summed E-state index contributed by atoms with van der Waals surface area (Å²) in [5.41, 5.74) is 3.22. The third kappa shape index (κ3) is 4.38. The molecule has 2 aromatic rings. The summed E-state index contributed by atoms with van der Waals surface area (Å²) in [5.74, 6) is 0.303. The summed E-state index contributed by atoms with van der Waals surface area (Å²) in [6, 6.07) is 15.1. The van der Waals surface area contributed by atoms with E-state index in [0.717, 1.165) is 17.5 Å². The van der Waals surface area contributed by atoms with Crippen LogP contribution in [-0.4, -0.2) is 26.6 Å². The monoisotopic (exact) mass is 400 g/mol. The van der Waals surface area contributed by atoms with Gasteiger partial charge < -0.3 is 5.32 Å². The number of fused-ring (bicyclic) bond motifs is 1. The molecule has 1 aliphatic rings. The normalized spacial score (nSPS) is 17.5. The van der Waals surface area contributed by atoms with E-state index in [0.29, 0.717) is 23.6 Å². The van der Waals surface area contributed by atoms with Crippen LogP contribution in [-0.2, 0) is 16.4 Å². The lowest BCUT2D eigenvalue weighted by Crippen LogP contribution is -2.34. The molecule has 0 unspecified atom stereocenters. The van der Waals surface area contributed by atoms with Gasteiger partial charge in [-0.15, -0.1) is 0 Å². The second-order valence-electron chi connectivity index (χ2n) is 8.02. The van der Waals surface area contributed by atoms with Crippen LogP contribution in [0.4, 0.5) is 5.69 Å². The van der Waals surface area contributed by atoms with Gasteiger partial charge in [-0.3, -0.25) is 9.10 Å². The SMILES string of the molecule is CC(C)C[C@H](NC(=O)c1ccc2c(c1)C[C@H](C)N2S(C)(=O)=O)c1ccccc1. The molecule has 0 aliphatic carbocycles. The molecule has 0 radical (unpaired) electrons. The Labute approximate surface area is 167 Å². The summed E-state index contributed by atoms with van der Waals surface area (Å²) in [6.45, 7) is 6.16. The third-order valence-corrected chi connectivity index (χ3v) is 6.34. The number of carbonyl (C=O) groups excluding carboxylic acids is 1. The van der Waals surface area contributed by atoms with Crippen molar-refractivity contribution in [2.75, 3.05) is 10.6 Å². The number of nitrogens with zero attached hydrogens (tertiary/aromatic N) is 1. The van der Waals surface area contributed by atoms with Gasteiger partial charge in [0.1, 0.15) is 0 Å². The van der Waals surface area contributed by atoms with E-state index < -0.39 is 10.0 Å². The largest absolute Gasteiger partial charge is 0.345 e. The average molecular weight is 401 g/mol. The summed E-state index contributed by atoms with van der Waals surface area (Å²) < 4.78 is 25.6. The molecule has 0 aromatic heterocycles. The third-order valence-electron chi connectivity index (χ3n) is 5.07. The molecule has 28 heavy (non-hydrogen) atoms. The average Bonchev–Trinajstić information content (AvgIpc) is 2.96. The van der Waals surface area contributed by atoms with Crippen molar-refractivity contribution in [3.63, 3.8) is 0 Å². The van der Waals surface area contributed by atoms with Crippen LogP contribution in [0.25, 0.3) is 0 Å². The zero-order valence-corrected chi connectivity index (χ0v) is 17.7. The lowest BCUT2D eigenvalue weighted by molar-refractivity contribution is 0.0932. The van der Waals surface area contributed by atoms with E-state index in [1.54, 1.807) is 12.1 Å². The van der Waals surface area contributed by atoms with Crippen molar-refractivity contribution in [1.82, 2.24) is 5.32 Å². The number of hydrogen-bond donors (Lipinski definition) is 1. The predicted octanol–water partition coefficient (Wildman–Crippen LogP) is 3.91. The molecule has 3 rings (SSSR count). The molecule has 2 atom stereocenters. The van der Waals surface area contributed by atoms with Crippen LogP contribution in [0.1, 0.15) is 54.7 Å². The van der Waals surface area contributed by atoms with E-state index in [-0.39, 0.29) is 18.0 Å². The van der Waals surface area contributed by atoms with Gasteiger partial charge in [-0.1, -0.05) is 44.2 Å². The highest BCUT2D eigenvalue weighted by molar-refractivity contribution is 7.92. The fraction of sp³-hybridized carbons (Fsp3) is 0.409. The molecule has 6 heteroatoms. The summed E-state index contributed by atoms with van der Waals surface area (Å²) >= 11 is 0. The Bertz CT molecular complexity index is 955. The molecule has 0 saturated carbocycles. The van der Waals surface area contributed by atoms with E-state index in [4.69, 9.17) is 0 Å². The van der Waals surface area contributed by atoms with Gasteiger partial charge in [0, 0.05) is 11.6 Å². The number of nitrogens with one attached hydrogen (secondary N) is 1. The topological polar surface area (TPSA) is 66.5 Å². The molecular weight excluding hydrogens is 372 g/mol. The first kappa shape index (κ1) is 20.4. The van der Waals surface area contributed by atoms with Crippen LogP contribution >= 0.6 is 0 Å². The summed E-state index contributed by atoms with van der Waals surface area (Å²) in [5, 5.41) is 3.15. The molecule has 150 valence electrons. The highest BCUT2D eigenvalue weighted by Crippen LogP contribution is 2.35. The minimum absolute atomic E-state index is 0.0617. The summed E-state index contributed by atoms with van der Waals surface area (Å²) in [4.78, 5) is 12.9. The Morgan fingerprint density at radius 3 is 2.46 bits per heavy atom. The fourth-order valence-corrected chi connectivity index (χ4v) is 5.19. The molecule has 1 aliphatic heterocycles. The fourth-order valence-electron chi connectivity index (χ4n) is 3.93. The molecule has 0 saturated heterocycles. The highest BCUT2D eigenvalue weighted by atomic mass is 32.2. The minimum atomic E-state index is -3.33.